The lowest BCUT2D eigenvalue weighted by Gasteiger charge is -2.08. The second kappa shape index (κ2) is 6.63. The van der Waals surface area contributed by atoms with Gasteiger partial charge in [-0.1, -0.05) is 26.8 Å². The SMILES string of the molecule is C=C(C(=O)OCCCC)C(F)CC. The Morgan fingerprint density at radius 2 is 2.15 bits per heavy atom. The molecule has 0 N–H and O–H groups in total. The van der Waals surface area contributed by atoms with Gasteiger partial charge in [0.15, 0.2) is 0 Å². The maximum Gasteiger partial charge on any atom is 0.336 e. The zero-order chi connectivity index (χ0) is 10.3. The van der Waals surface area contributed by atoms with Gasteiger partial charge < -0.3 is 4.74 Å². The van der Waals surface area contributed by atoms with E-state index in [2.05, 4.69) is 6.58 Å². The summed E-state index contributed by atoms with van der Waals surface area (Å²) in [6, 6.07) is 0. The first kappa shape index (κ1) is 12.1. The van der Waals surface area contributed by atoms with Crippen LogP contribution in [-0.4, -0.2) is 18.7 Å². The fraction of sp³-hybridized carbons (Fsp3) is 0.700. The second-order valence-corrected chi connectivity index (χ2v) is 2.89. The van der Waals surface area contributed by atoms with Gasteiger partial charge in [-0.25, -0.2) is 9.18 Å². The molecule has 0 aromatic heterocycles. The highest BCUT2D eigenvalue weighted by atomic mass is 19.1. The van der Waals surface area contributed by atoms with E-state index in [1.54, 1.807) is 6.92 Å². The van der Waals surface area contributed by atoms with Crippen molar-refractivity contribution < 1.29 is 13.9 Å². The van der Waals surface area contributed by atoms with Crippen LogP contribution < -0.4 is 0 Å². The molecule has 0 amide bonds. The Hall–Kier alpha value is -0.860. The molecule has 1 unspecified atom stereocenters. The molecule has 0 aromatic carbocycles. The van der Waals surface area contributed by atoms with Crippen molar-refractivity contribution in [2.45, 2.75) is 39.3 Å². The second-order valence-electron chi connectivity index (χ2n) is 2.89. The van der Waals surface area contributed by atoms with E-state index in [4.69, 9.17) is 4.74 Å². The topological polar surface area (TPSA) is 26.3 Å². The Bertz CT molecular complexity index is 178. The Morgan fingerprint density at radius 3 is 2.62 bits per heavy atom. The molecule has 0 saturated carbocycles. The number of hydrogen-bond donors (Lipinski definition) is 0. The molecule has 0 saturated heterocycles. The van der Waals surface area contributed by atoms with Crippen LogP contribution in [-0.2, 0) is 9.53 Å². The van der Waals surface area contributed by atoms with Crippen molar-refractivity contribution in [2.24, 2.45) is 0 Å². The number of halogens is 1. The summed E-state index contributed by atoms with van der Waals surface area (Å²) < 4.78 is 17.7. The summed E-state index contributed by atoms with van der Waals surface area (Å²) in [5, 5.41) is 0. The molecular formula is C10H17FO2. The molecule has 0 spiro atoms. The summed E-state index contributed by atoms with van der Waals surface area (Å²) >= 11 is 0. The zero-order valence-electron chi connectivity index (χ0n) is 8.31. The van der Waals surface area contributed by atoms with Crippen LogP contribution in [0.3, 0.4) is 0 Å². The average Bonchev–Trinajstić information content (AvgIpc) is 2.15. The lowest BCUT2D eigenvalue weighted by Crippen LogP contribution is -2.15. The number of alkyl halides is 1. The van der Waals surface area contributed by atoms with Crippen LogP contribution in [0, 0.1) is 0 Å². The Balaban J connectivity index is 3.76. The Kier molecular flexibility index (Phi) is 6.20. The standard InChI is InChI=1S/C10H17FO2/c1-4-6-7-13-10(12)8(3)9(11)5-2/h9H,3-7H2,1-2H3. The minimum Gasteiger partial charge on any atom is -0.462 e. The number of rotatable bonds is 6. The molecule has 0 fully saturated rings. The van der Waals surface area contributed by atoms with Gasteiger partial charge >= 0.3 is 5.97 Å². The molecule has 0 radical (unpaired) electrons. The number of unbranched alkanes of at least 4 members (excludes halogenated alkanes) is 1. The van der Waals surface area contributed by atoms with Crippen molar-refractivity contribution in [3.8, 4) is 0 Å². The van der Waals surface area contributed by atoms with Crippen LogP contribution in [0.5, 0.6) is 0 Å². The van der Waals surface area contributed by atoms with Gasteiger partial charge in [0.25, 0.3) is 0 Å². The van der Waals surface area contributed by atoms with Crippen molar-refractivity contribution in [2.75, 3.05) is 6.61 Å². The summed E-state index contributed by atoms with van der Waals surface area (Å²) in [5.74, 6) is -0.609. The average molecular weight is 188 g/mol. The minimum absolute atomic E-state index is 0.0707. The van der Waals surface area contributed by atoms with Crippen molar-refractivity contribution >= 4 is 5.97 Å². The van der Waals surface area contributed by atoms with E-state index in [0.29, 0.717) is 6.61 Å². The van der Waals surface area contributed by atoms with E-state index < -0.39 is 12.1 Å². The summed E-state index contributed by atoms with van der Waals surface area (Å²) in [6.07, 6.45) is 0.755. The largest absolute Gasteiger partial charge is 0.462 e. The minimum atomic E-state index is -1.27. The van der Waals surface area contributed by atoms with E-state index in [-0.39, 0.29) is 12.0 Å². The molecule has 0 aliphatic carbocycles. The third-order valence-corrected chi connectivity index (χ3v) is 1.73. The van der Waals surface area contributed by atoms with Crippen LogP contribution in [0.2, 0.25) is 0 Å². The van der Waals surface area contributed by atoms with Crippen LogP contribution in [0.25, 0.3) is 0 Å². The molecule has 2 nitrogen and oxygen atoms in total. The van der Waals surface area contributed by atoms with Gasteiger partial charge in [-0.05, 0) is 12.8 Å². The van der Waals surface area contributed by atoms with Crippen molar-refractivity contribution in [1.82, 2.24) is 0 Å². The molecular weight excluding hydrogens is 171 g/mol. The number of carbonyl (C=O) groups is 1. The fourth-order valence-corrected chi connectivity index (χ4v) is 0.776. The van der Waals surface area contributed by atoms with Crippen LogP contribution >= 0.6 is 0 Å². The highest BCUT2D eigenvalue weighted by Crippen LogP contribution is 2.10. The first-order valence-electron chi connectivity index (χ1n) is 4.63. The monoisotopic (exact) mass is 188 g/mol. The lowest BCUT2D eigenvalue weighted by molar-refractivity contribution is -0.139. The number of carbonyl (C=O) groups excluding carboxylic acids is 1. The van der Waals surface area contributed by atoms with E-state index in [0.717, 1.165) is 12.8 Å². The van der Waals surface area contributed by atoms with Crippen LogP contribution in [0.4, 0.5) is 4.39 Å². The molecule has 0 aromatic rings. The molecule has 0 bridgehead atoms. The van der Waals surface area contributed by atoms with E-state index in [1.165, 1.54) is 0 Å². The molecule has 1 atom stereocenters. The van der Waals surface area contributed by atoms with Gasteiger partial charge in [0.1, 0.15) is 6.17 Å². The van der Waals surface area contributed by atoms with Gasteiger partial charge in [0.2, 0.25) is 0 Å². The molecule has 13 heavy (non-hydrogen) atoms. The first-order chi connectivity index (χ1) is 6.13. The summed E-state index contributed by atoms with van der Waals surface area (Å²) in [7, 11) is 0. The van der Waals surface area contributed by atoms with Crippen LogP contribution in [0.1, 0.15) is 33.1 Å². The molecule has 3 heteroatoms. The highest BCUT2D eigenvalue weighted by Gasteiger charge is 2.17. The fourth-order valence-electron chi connectivity index (χ4n) is 0.776. The zero-order valence-corrected chi connectivity index (χ0v) is 8.31. The smallest absolute Gasteiger partial charge is 0.336 e. The maximum absolute atomic E-state index is 12.9. The summed E-state index contributed by atoms with van der Waals surface area (Å²) in [4.78, 5) is 11.1. The Labute approximate surface area is 78.8 Å². The summed E-state index contributed by atoms with van der Waals surface area (Å²) in [5.41, 5.74) is -0.0707. The van der Waals surface area contributed by atoms with E-state index in [1.807, 2.05) is 6.92 Å². The van der Waals surface area contributed by atoms with Crippen LogP contribution in [0.15, 0.2) is 12.2 Å². The Morgan fingerprint density at radius 1 is 1.54 bits per heavy atom. The predicted octanol–water partition coefficient (Wildman–Crippen LogP) is 2.63. The van der Waals surface area contributed by atoms with E-state index in [9.17, 15) is 9.18 Å². The number of esters is 1. The number of hydrogen-bond acceptors (Lipinski definition) is 2. The lowest BCUT2D eigenvalue weighted by atomic mass is 10.1. The van der Waals surface area contributed by atoms with Crippen molar-refractivity contribution in [3.05, 3.63) is 12.2 Å². The normalized spacial score (nSPS) is 12.2. The molecule has 76 valence electrons. The van der Waals surface area contributed by atoms with Gasteiger partial charge in [0.05, 0.1) is 12.2 Å². The third-order valence-electron chi connectivity index (χ3n) is 1.73. The number of ether oxygens (including phenoxy) is 1. The quantitative estimate of drug-likeness (QED) is 0.364. The highest BCUT2D eigenvalue weighted by molar-refractivity contribution is 5.88. The third kappa shape index (κ3) is 4.65. The maximum atomic E-state index is 12.9. The van der Waals surface area contributed by atoms with Gasteiger partial charge in [0, 0.05) is 0 Å². The molecule has 0 aliphatic heterocycles. The van der Waals surface area contributed by atoms with Gasteiger partial charge in [-0.15, -0.1) is 0 Å². The van der Waals surface area contributed by atoms with E-state index >= 15 is 0 Å². The van der Waals surface area contributed by atoms with Crippen molar-refractivity contribution in [1.29, 1.82) is 0 Å². The predicted molar refractivity (Wildman–Crippen MR) is 50.2 cm³/mol. The molecule has 0 rings (SSSR count). The summed E-state index contributed by atoms with van der Waals surface area (Å²) in [6.45, 7) is 7.36. The first-order valence-corrected chi connectivity index (χ1v) is 4.63. The van der Waals surface area contributed by atoms with Crippen molar-refractivity contribution in [3.63, 3.8) is 0 Å². The van der Waals surface area contributed by atoms with Gasteiger partial charge in [-0.3, -0.25) is 0 Å². The van der Waals surface area contributed by atoms with Gasteiger partial charge in [-0.2, -0.15) is 0 Å². The molecule has 0 aliphatic rings. The molecule has 0 heterocycles.